The SMILES string of the molecule is COc1[nH]cc(S(N)(=O)=O)c(=O)c1C(F)F. The summed E-state index contributed by atoms with van der Waals surface area (Å²) < 4.78 is 51.3. The largest absolute Gasteiger partial charge is 0.482 e. The van der Waals surface area contributed by atoms with E-state index in [1.54, 1.807) is 0 Å². The predicted octanol–water partition coefficient (Wildman–Crippen LogP) is -0.0315. The summed E-state index contributed by atoms with van der Waals surface area (Å²) in [6.45, 7) is 0. The van der Waals surface area contributed by atoms with E-state index < -0.39 is 38.2 Å². The third kappa shape index (κ3) is 2.19. The Morgan fingerprint density at radius 3 is 2.44 bits per heavy atom. The summed E-state index contributed by atoms with van der Waals surface area (Å²) in [6.07, 6.45) is -2.46. The number of aromatic nitrogens is 1. The van der Waals surface area contributed by atoms with Gasteiger partial charge in [0.1, 0.15) is 10.5 Å². The molecule has 0 spiro atoms. The summed E-state index contributed by atoms with van der Waals surface area (Å²) >= 11 is 0. The number of nitrogens with one attached hydrogen (secondary N) is 1. The zero-order valence-corrected chi connectivity index (χ0v) is 8.85. The summed E-state index contributed by atoms with van der Waals surface area (Å²) in [6, 6.07) is 0. The molecule has 0 aliphatic carbocycles. The van der Waals surface area contributed by atoms with Crippen LogP contribution >= 0.6 is 0 Å². The average molecular weight is 254 g/mol. The van der Waals surface area contributed by atoms with Gasteiger partial charge in [0.15, 0.2) is 0 Å². The number of nitrogens with two attached hydrogens (primary N) is 1. The molecule has 1 heterocycles. The van der Waals surface area contributed by atoms with Gasteiger partial charge in [-0.2, -0.15) is 0 Å². The molecular formula is C7H8F2N2O4S. The van der Waals surface area contributed by atoms with Crippen LogP contribution in [-0.4, -0.2) is 20.5 Å². The molecule has 0 amide bonds. The number of halogens is 2. The Hall–Kier alpha value is -1.48. The number of aromatic amines is 1. The van der Waals surface area contributed by atoms with Crippen LogP contribution in [0.15, 0.2) is 15.9 Å². The predicted molar refractivity (Wildman–Crippen MR) is 49.9 cm³/mol. The molecule has 0 saturated heterocycles. The molecule has 90 valence electrons. The molecule has 16 heavy (non-hydrogen) atoms. The van der Waals surface area contributed by atoms with Crippen molar-refractivity contribution in [3.05, 3.63) is 22.0 Å². The van der Waals surface area contributed by atoms with Gasteiger partial charge < -0.3 is 9.72 Å². The molecule has 0 fully saturated rings. The molecule has 1 aromatic heterocycles. The van der Waals surface area contributed by atoms with Crippen LogP contribution in [0, 0.1) is 0 Å². The zero-order valence-electron chi connectivity index (χ0n) is 8.03. The first kappa shape index (κ1) is 12.6. The molecule has 0 aliphatic heterocycles. The lowest BCUT2D eigenvalue weighted by molar-refractivity contribution is 0.144. The Morgan fingerprint density at radius 2 is 2.06 bits per heavy atom. The highest BCUT2D eigenvalue weighted by molar-refractivity contribution is 7.89. The molecule has 9 heteroatoms. The highest BCUT2D eigenvalue weighted by atomic mass is 32.2. The number of primary sulfonamides is 1. The lowest BCUT2D eigenvalue weighted by atomic mass is 10.2. The van der Waals surface area contributed by atoms with Crippen molar-refractivity contribution in [2.24, 2.45) is 5.14 Å². The minimum Gasteiger partial charge on any atom is -0.482 e. The number of hydrogen-bond donors (Lipinski definition) is 2. The number of ether oxygens (including phenoxy) is 1. The van der Waals surface area contributed by atoms with Crippen LogP contribution in [0.1, 0.15) is 12.0 Å². The maximum absolute atomic E-state index is 12.5. The molecular weight excluding hydrogens is 246 g/mol. The number of sulfonamides is 1. The van der Waals surface area contributed by atoms with Crippen molar-refractivity contribution in [1.29, 1.82) is 0 Å². The number of rotatable bonds is 3. The first-order valence-corrected chi connectivity index (χ1v) is 5.44. The molecule has 6 nitrogen and oxygen atoms in total. The van der Waals surface area contributed by atoms with Crippen LogP contribution in [0.3, 0.4) is 0 Å². The molecule has 1 aromatic rings. The fraction of sp³-hybridized carbons (Fsp3) is 0.286. The van der Waals surface area contributed by atoms with E-state index >= 15 is 0 Å². The van der Waals surface area contributed by atoms with Crippen LogP contribution in [0.4, 0.5) is 8.78 Å². The summed E-state index contributed by atoms with van der Waals surface area (Å²) in [7, 11) is -3.28. The average Bonchev–Trinajstić information content (AvgIpc) is 2.14. The molecule has 0 aromatic carbocycles. The Bertz CT molecular complexity index is 552. The minimum atomic E-state index is -4.35. The summed E-state index contributed by atoms with van der Waals surface area (Å²) in [5.41, 5.74) is -2.43. The van der Waals surface area contributed by atoms with Gasteiger partial charge in [-0.15, -0.1) is 0 Å². The van der Waals surface area contributed by atoms with Gasteiger partial charge in [0.25, 0.3) is 6.43 Å². The molecule has 0 aliphatic rings. The maximum Gasteiger partial charge on any atom is 0.272 e. The highest BCUT2D eigenvalue weighted by Crippen LogP contribution is 2.24. The Kier molecular flexibility index (Phi) is 3.29. The number of hydrogen-bond acceptors (Lipinski definition) is 4. The van der Waals surface area contributed by atoms with Gasteiger partial charge in [0.05, 0.1) is 7.11 Å². The van der Waals surface area contributed by atoms with Gasteiger partial charge >= 0.3 is 0 Å². The summed E-state index contributed by atoms with van der Waals surface area (Å²) in [5, 5.41) is 4.68. The molecule has 0 saturated carbocycles. The molecule has 0 atom stereocenters. The summed E-state index contributed by atoms with van der Waals surface area (Å²) in [4.78, 5) is 12.6. The van der Waals surface area contributed by atoms with Crippen LogP contribution in [0.5, 0.6) is 5.88 Å². The number of pyridine rings is 1. The van der Waals surface area contributed by atoms with Gasteiger partial charge in [-0.3, -0.25) is 4.79 Å². The molecule has 1 rings (SSSR count). The first-order valence-electron chi connectivity index (χ1n) is 3.89. The van der Waals surface area contributed by atoms with E-state index in [1.165, 1.54) is 0 Å². The summed E-state index contributed by atoms with van der Waals surface area (Å²) in [5.74, 6) is -0.493. The van der Waals surface area contributed by atoms with E-state index in [0.717, 1.165) is 7.11 Å². The van der Waals surface area contributed by atoms with Crippen molar-refractivity contribution in [3.63, 3.8) is 0 Å². The van der Waals surface area contributed by atoms with Crippen molar-refractivity contribution in [1.82, 2.24) is 4.98 Å². The first-order chi connectivity index (χ1) is 7.29. The second-order valence-corrected chi connectivity index (χ2v) is 4.30. The Morgan fingerprint density at radius 1 is 1.50 bits per heavy atom. The number of H-pyrrole nitrogens is 1. The van der Waals surface area contributed by atoms with E-state index in [2.05, 4.69) is 14.9 Å². The Balaban J connectivity index is 3.64. The van der Waals surface area contributed by atoms with Crippen LogP contribution in [-0.2, 0) is 10.0 Å². The van der Waals surface area contributed by atoms with Crippen molar-refractivity contribution >= 4 is 10.0 Å². The Labute approximate surface area is 89.1 Å². The van der Waals surface area contributed by atoms with Crippen LogP contribution in [0.25, 0.3) is 0 Å². The maximum atomic E-state index is 12.5. The fourth-order valence-corrected chi connectivity index (χ4v) is 1.68. The van der Waals surface area contributed by atoms with Crippen molar-refractivity contribution < 1.29 is 21.9 Å². The van der Waals surface area contributed by atoms with E-state index in [0.29, 0.717) is 6.20 Å². The van der Waals surface area contributed by atoms with E-state index in [9.17, 15) is 22.0 Å². The molecule has 0 bridgehead atoms. The number of alkyl halides is 2. The lowest BCUT2D eigenvalue weighted by Crippen LogP contribution is -2.25. The van der Waals surface area contributed by atoms with Gasteiger partial charge in [0.2, 0.25) is 21.3 Å². The number of methoxy groups -OCH3 is 1. The lowest BCUT2D eigenvalue weighted by Gasteiger charge is -2.07. The standard InChI is InChI=1S/C7H8F2N2O4S/c1-15-7-4(6(8)9)5(12)3(2-11-7)16(10,13)14/h2,6H,1H3,(H,11,12)(H2,10,13,14). The van der Waals surface area contributed by atoms with Gasteiger partial charge in [-0.25, -0.2) is 22.3 Å². The normalized spacial score (nSPS) is 11.8. The van der Waals surface area contributed by atoms with E-state index in [1.807, 2.05) is 0 Å². The highest BCUT2D eigenvalue weighted by Gasteiger charge is 2.25. The second-order valence-electron chi connectivity index (χ2n) is 2.77. The van der Waals surface area contributed by atoms with Crippen molar-refractivity contribution in [2.45, 2.75) is 11.3 Å². The van der Waals surface area contributed by atoms with Crippen LogP contribution in [0.2, 0.25) is 0 Å². The van der Waals surface area contributed by atoms with Crippen LogP contribution < -0.4 is 15.3 Å². The molecule has 3 N–H and O–H groups in total. The molecule has 0 radical (unpaired) electrons. The van der Waals surface area contributed by atoms with Gasteiger partial charge in [-0.05, 0) is 0 Å². The monoisotopic (exact) mass is 254 g/mol. The topological polar surface area (TPSA) is 102 Å². The third-order valence-corrected chi connectivity index (χ3v) is 2.69. The van der Waals surface area contributed by atoms with Gasteiger partial charge in [0, 0.05) is 6.20 Å². The molecule has 0 unspecified atom stereocenters. The zero-order chi connectivity index (χ0) is 12.5. The second kappa shape index (κ2) is 4.18. The smallest absolute Gasteiger partial charge is 0.272 e. The van der Waals surface area contributed by atoms with Crippen molar-refractivity contribution in [3.8, 4) is 5.88 Å². The van der Waals surface area contributed by atoms with E-state index in [-0.39, 0.29) is 0 Å². The van der Waals surface area contributed by atoms with E-state index in [4.69, 9.17) is 0 Å². The van der Waals surface area contributed by atoms with Gasteiger partial charge in [-0.1, -0.05) is 0 Å². The third-order valence-electron chi connectivity index (χ3n) is 1.78. The fourth-order valence-electron chi connectivity index (χ4n) is 1.09. The quantitative estimate of drug-likeness (QED) is 0.790. The minimum absolute atomic E-state index is 0.493. The van der Waals surface area contributed by atoms with Crippen molar-refractivity contribution in [2.75, 3.05) is 7.11 Å².